The first-order valence-corrected chi connectivity index (χ1v) is 5.12. The molecule has 0 amide bonds. The molecule has 1 aromatic carbocycles. The van der Waals surface area contributed by atoms with Gasteiger partial charge in [-0.15, -0.1) is 0 Å². The zero-order chi connectivity index (χ0) is 9.03. The van der Waals surface area contributed by atoms with E-state index in [0.717, 1.165) is 0 Å². The molecule has 0 saturated carbocycles. The fourth-order valence-electron chi connectivity index (χ4n) is 0.808. The number of rotatable bonds is 3. The van der Waals surface area contributed by atoms with Crippen molar-refractivity contribution in [2.45, 2.75) is 4.90 Å². The molecule has 1 radical (unpaired) electrons. The maximum atomic E-state index is 11.3. The first-order chi connectivity index (χ1) is 5.67. The molecule has 0 aliphatic rings. The molecule has 0 atom stereocenters. The third kappa shape index (κ3) is 2.06. The van der Waals surface area contributed by atoms with Gasteiger partial charge in [0, 0.05) is 0 Å². The fraction of sp³-hybridized carbons (Fsp3) is 0.250. The summed E-state index contributed by atoms with van der Waals surface area (Å²) in [4.78, 5) is 0.207. The van der Waals surface area contributed by atoms with Crippen molar-refractivity contribution in [3.63, 3.8) is 0 Å². The van der Waals surface area contributed by atoms with Crippen molar-refractivity contribution in [2.75, 3.05) is 12.4 Å². The molecule has 0 spiro atoms. The lowest BCUT2D eigenvalue weighted by molar-refractivity contribution is 0.319. The van der Waals surface area contributed by atoms with Gasteiger partial charge in [-0.25, -0.2) is 8.42 Å². The molecule has 1 aromatic rings. The average molecular weight is 185 g/mol. The second-order valence-corrected chi connectivity index (χ2v) is 4.39. The van der Waals surface area contributed by atoms with E-state index in [1.807, 2.05) is 0 Å². The largest absolute Gasteiger partial charge is 0.395 e. The van der Waals surface area contributed by atoms with Crippen LogP contribution in [-0.2, 0) is 9.84 Å². The molecule has 0 bridgehead atoms. The predicted molar refractivity (Wildman–Crippen MR) is 44.4 cm³/mol. The van der Waals surface area contributed by atoms with Crippen LogP contribution in [0.2, 0.25) is 0 Å². The van der Waals surface area contributed by atoms with E-state index in [2.05, 4.69) is 6.07 Å². The first-order valence-electron chi connectivity index (χ1n) is 3.46. The van der Waals surface area contributed by atoms with E-state index < -0.39 is 9.84 Å². The Hall–Kier alpha value is -0.870. The van der Waals surface area contributed by atoms with Gasteiger partial charge >= 0.3 is 0 Å². The zero-order valence-corrected chi connectivity index (χ0v) is 7.21. The Morgan fingerprint density at radius 2 is 2.25 bits per heavy atom. The Kier molecular flexibility index (Phi) is 2.83. The second kappa shape index (κ2) is 3.69. The summed E-state index contributed by atoms with van der Waals surface area (Å²) in [6.45, 7) is -0.350. The van der Waals surface area contributed by atoms with Gasteiger partial charge in [0.1, 0.15) is 0 Å². The van der Waals surface area contributed by atoms with Crippen LogP contribution in [0.25, 0.3) is 0 Å². The van der Waals surface area contributed by atoms with Crippen LogP contribution >= 0.6 is 0 Å². The summed E-state index contributed by atoms with van der Waals surface area (Å²) in [7, 11) is -3.29. The molecular formula is C8H9O3S. The predicted octanol–water partition coefficient (Wildman–Crippen LogP) is 0.253. The molecule has 65 valence electrons. The van der Waals surface area contributed by atoms with Gasteiger partial charge in [-0.1, -0.05) is 12.1 Å². The molecule has 0 unspecified atom stereocenters. The molecule has 0 fully saturated rings. The van der Waals surface area contributed by atoms with Crippen LogP contribution < -0.4 is 0 Å². The Labute approximate surface area is 71.6 Å². The highest BCUT2D eigenvalue weighted by Crippen LogP contribution is 2.08. The number of benzene rings is 1. The van der Waals surface area contributed by atoms with E-state index in [1.165, 1.54) is 12.1 Å². The highest BCUT2D eigenvalue weighted by Gasteiger charge is 2.11. The van der Waals surface area contributed by atoms with Crippen molar-refractivity contribution in [1.29, 1.82) is 0 Å². The first kappa shape index (κ1) is 9.22. The van der Waals surface area contributed by atoms with E-state index in [1.54, 1.807) is 12.1 Å². The lowest BCUT2D eigenvalue weighted by Gasteiger charge is -1.99. The molecule has 0 heterocycles. The van der Waals surface area contributed by atoms with E-state index in [9.17, 15) is 8.42 Å². The lowest BCUT2D eigenvalue weighted by atomic mass is 10.4. The molecule has 0 saturated heterocycles. The summed E-state index contributed by atoms with van der Waals surface area (Å²) in [5, 5.41) is 8.47. The van der Waals surface area contributed by atoms with E-state index in [4.69, 9.17) is 5.11 Å². The quantitative estimate of drug-likeness (QED) is 0.734. The number of aliphatic hydroxyl groups excluding tert-OH is 1. The fourth-order valence-corrected chi connectivity index (χ4v) is 1.82. The monoisotopic (exact) mass is 185 g/mol. The van der Waals surface area contributed by atoms with Gasteiger partial charge in [0.05, 0.1) is 17.3 Å². The number of hydrogen-bond acceptors (Lipinski definition) is 3. The maximum Gasteiger partial charge on any atom is 0.180 e. The lowest BCUT2D eigenvalue weighted by Crippen LogP contribution is -2.09. The van der Waals surface area contributed by atoms with Crippen LogP contribution in [0, 0.1) is 6.07 Å². The van der Waals surface area contributed by atoms with Crippen LogP contribution in [0.4, 0.5) is 0 Å². The smallest absolute Gasteiger partial charge is 0.180 e. The van der Waals surface area contributed by atoms with Gasteiger partial charge in [0.2, 0.25) is 0 Å². The minimum atomic E-state index is -3.29. The van der Waals surface area contributed by atoms with Crippen molar-refractivity contribution in [3.8, 4) is 0 Å². The van der Waals surface area contributed by atoms with Crippen LogP contribution in [-0.4, -0.2) is 25.9 Å². The highest BCUT2D eigenvalue weighted by molar-refractivity contribution is 7.91. The van der Waals surface area contributed by atoms with Crippen LogP contribution in [0.3, 0.4) is 0 Å². The minimum absolute atomic E-state index is 0.207. The summed E-state index contributed by atoms with van der Waals surface area (Å²) < 4.78 is 22.5. The van der Waals surface area contributed by atoms with Gasteiger partial charge in [-0.3, -0.25) is 0 Å². The number of aliphatic hydroxyl groups is 1. The molecular weight excluding hydrogens is 176 g/mol. The normalized spacial score (nSPS) is 11.4. The molecule has 0 aromatic heterocycles. The van der Waals surface area contributed by atoms with Crippen molar-refractivity contribution in [1.82, 2.24) is 0 Å². The van der Waals surface area contributed by atoms with Gasteiger partial charge in [0.25, 0.3) is 0 Å². The van der Waals surface area contributed by atoms with Crippen LogP contribution in [0.15, 0.2) is 29.2 Å². The summed E-state index contributed by atoms with van der Waals surface area (Å²) >= 11 is 0. The molecule has 4 heteroatoms. The summed E-state index contributed by atoms with van der Waals surface area (Å²) in [6, 6.07) is 8.77. The Balaban J connectivity index is 2.99. The molecule has 12 heavy (non-hydrogen) atoms. The number of sulfone groups is 1. The molecule has 1 N–H and O–H groups in total. The van der Waals surface area contributed by atoms with E-state index in [-0.39, 0.29) is 17.3 Å². The highest BCUT2D eigenvalue weighted by atomic mass is 32.2. The molecule has 3 nitrogen and oxygen atoms in total. The summed E-state index contributed by atoms with van der Waals surface area (Å²) in [6.07, 6.45) is 0. The van der Waals surface area contributed by atoms with Crippen molar-refractivity contribution >= 4 is 9.84 Å². The average Bonchev–Trinajstić information content (AvgIpc) is 2.06. The van der Waals surface area contributed by atoms with E-state index in [0.29, 0.717) is 0 Å². The van der Waals surface area contributed by atoms with Gasteiger partial charge in [0.15, 0.2) is 9.84 Å². The topological polar surface area (TPSA) is 54.4 Å². The van der Waals surface area contributed by atoms with Gasteiger partial charge in [-0.2, -0.15) is 0 Å². The van der Waals surface area contributed by atoms with Gasteiger partial charge < -0.3 is 5.11 Å². The third-order valence-corrected chi connectivity index (χ3v) is 3.09. The minimum Gasteiger partial charge on any atom is -0.395 e. The summed E-state index contributed by atoms with van der Waals surface area (Å²) in [5.74, 6) is -0.231. The molecule has 0 aliphatic heterocycles. The summed E-state index contributed by atoms with van der Waals surface area (Å²) in [5.41, 5.74) is 0. The Bertz CT molecular complexity index is 329. The van der Waals surface area contributed by atoms with E-state index >= 15 is 0 Å². The van der Waals surface area contributed by atoms with Crippen LogP contribution in [0.5, 0.6) is 0 Å². The SMILES string of the molecule is O=S(=O)(CCO)c1c[c]ccc1. The third-order valence-electron chi connectivity index (χ3n) is 1.40. The van der Waals surface area contributed by atoms with Crippen molar-refractivity contribution < 1.29 is 13.5 Å². The maximum absolute atomic E-state index is 11.3. The van der Waals surface area contributed by atoms with Crippen LogP contribution in [0.1, 0.15) is 0 Å². The standard InChI is InChI=1S/C8H9O3S/c9-6-7-12(10,11)8-4-2-1-3-5-8/h1-2,4-5,9H,6-7H2. The Morgan fingerprint density at radius 3 is 2.75 bits per heavy atom. The number of hydrogen-bond donors (Lipinski definition) is 1. The van der Waals surface area contributed by atoms with Crippen molar-refractivity contribution in [2.24, 2.45) is 0 Å². The van der Waals surface area contributed by atoms with Crippen molar-refractivity contribution in [3.05, 3.63) is 30.3 Å². The Morgan fingerprint density at radius 1 is 1.50 bits per heavy atom. The molecule has 0 aliphatic carbocycles. The van der Waals surface area contributed by atoms with Gasteiger partial charge in [-0.05, 0) is 18.2 Å². The molecule has 1 rings (SSSR count). The second-order valence-electron chi connectivity index (χ2n) is 2.28. The zero-order valence-electron chi connectivity index (χ0n) is 6.40.